The van der Waals surface area contributed by atoms with Crippen molar-refractivity contribution in [1.29, 1.82) is 0 Å². The molecule has 1 aromatic heterocycles. The second kappa shape index (κ2) is 6.36. The molecular formula is C15H20N2O. The summed E-state index contributed by atoms with van der Waals surface area (Å²) in [4.78, 5) is 4.45. The Morgan fingerprint density at radius 2 is 2.17 bits per heavy atom. The third-order valence-electron chi connectivity index (χ3n) is 2.93. The molecule has 2 rings (SSSR count). The predicted octanol–water partition coefficient (Wildman–Crippen LogP) is 2.91. The maximum Gasteiger partial charge on any atom is 0.145 e. The molecule has 0 aliphatic carbocycles. The van der Waals surface area contributed by atoms with Gasteiger partial charge in [0.15, 0.2) is 0 Å². The van der Waals surface area contributed by atoms with Crippen molar-refractivity contribution in [1.82, 2.24) is 4.98 Å². The zero-order valence-electron chi connectivity index (χ0n) is 10.9. The maximum atomic E-state index is 5.74. The highest BCUT2D eigenvalue weighted by molar-refractivity contribution is 5.87. The van der Waals surface area contributed by atoms with Crippen LogP contribution in [0.4, 0.5) is 0 Å². The van der Waals surface area contributed by atoms with Gasteiger partial charge in [-0.15, -0.1) is 0 Å². The van der Waals surface area contributed by atoms with E-state index in [1.54, 1.807) is 0 Å². The highest BCUT2D eigenvalue weighted by atomic mass is 16.5. The molecule has 0 bridgehead atoms. The number of benzene rings is 1. The minimum atomic E-state index is 0.718. The number of hydrogen-bond donors (Lipinski definition) is 1. The van der Waals surface area contributed by atoms with Gasteiger partial charge in [-0.1, -0.05) is 19.1 Å². The fourth-order valence-corrected chi connectivity index (χ4v) is 2.04. The monoisotopic (exact) mass is 244 g/mol. The molecule has 0 fully saturated rings. The molecule has 0 aliphatic rings. The lowest BCUT2D eigenvalue weighted by atomic mass is 10.0. The van der Waals surface area contributed by atoms with E-state index in [2.05, 4.69) is 24.0 Å². The Hall–Kier alpha value is -1.61. The van der Waals surface area contributed by atoms with Crippen LogP contribution in [0.15, 0.2) is 30.5 Å². The van der Waals surface area contributed by atoms with Gasteiger partial charge < -0.3 is 10.5 Å². The summed E-state index contributed by atoms with van der Waals surface area (Å²) in [6, 6.07) is 8.23. The molecule has 3 nitrogen and oxygen atoms in total. The standard InChI is InChI=1S/C15H20N2O/c1-2-11-18-14-8-7-12(5-3-9-16)13-6-4-10-17-15(13)14/h4,6-8,10H,2-3,5,9,11,16H2,1H3. The van der Waals surface area contributed by atoms with Gasteiger partial charge >= 0.3 is 0 Å². The second-order valence-electron chi connectivity index (χ2n) is 4.36. The number of ether oxygens (including phenoxy) is 1. The van der Waals surface area contributed by atoms with E-state index in [-0.39, 0.29) is 0 Å². The highest BCUT2D eigenvalue weighted by Crippen LogP contribution is 2.27. The van der Waals surface area contributed by atoms with E-state index in [0.29, 0.717) is 0 Å². The number of hydrogen-bond acceptors (Lipinski definition) is 3. The first-order chi connectivity index (χ1) is 8.86. The molecule has 1 aromatic carbocycles. The van der Waals surface area contributed by atoms with Gasteiger partial charge in [-0.3, -0.25) is 4.98 Å². The van der Waals surface area contributed by atoms with Crippen LogP contribution >= 0.6 is 0 Å². The average molecular weight is 244 g/mol. The summed E-state index contributed by atoms with van der Waals surface area (Å²) in [6.07, 6.45) is 4.81. The molecule has 0 saturated heterocycles. The molecular weight excluding hydrogens is 224 g/mol. The van der Waals surface area contributed by atoms with Crippen LogP contribution in [-0.4, -0.2) is 18.1 Å². The number of aromatic nitrogens is 1. The number of aryl methyl sites for hydroxylation is 1. The lowest BCUT2D eigenvalue weighted by Crippen LogP contribution is -2.02. The number of rotatable bonds is 6. The molecule has 0 amide bonds. The SMILES string of the molecule is CCCOc1ccc(CCCN)c2cccnc12. The van der Waals surface area contributed by atoms with E-state index in [1.165, 1.54) is 10.9 Å². The van der Waals surface area contributed by atoms with Crippen LogP contribution in [0.1, 0.15) is 25.3 Å². The molecule has 3 heteroatoms. The molecule has 96 valence electrons. The van der Waals surface area contributed by atoms with Crippen molar-refractivity contribution >= 4 is 10.9 Å². The van der Waals surface area contributed by atoms with Crippen LogP contribution in [0.5, 0.6) is 5.75 Å². The number of nitrogens with two attached hydrogens (primary N) is 1. The fourth-order valence-electron chi connectivity index (χ4n) is 2.04. The van der Waals surface area contributed by atoms with Gasteiger partial charge in [-0.2, -0.15) is 0 Å². The molecule has 0 saturated carbocycles. The lowest BCUT2D eigenvalue weighted by molar-refractivity contribution is 0.320. The zero-order chi connectivity index (χ0) is 12.8. The van der Waals surface area contributed by atoms with Crippen molar-refractivity contribution in [2.75, 3.05) is 13.2 Å². The number of pyridine rings is 1. The minimum absolute atomic E-state index is 0.718. The molecule has 2 aromatic rings. The number of nitrogens with zero attached hydrogens (tertiary/aromatic N) is 1. The second-order valence-corrected chi connectivity index (χ2v) is 4.36. The summed E-state index contributed by atoms with van der Waals surface area (Å²) in [5.41, 5.74) is 7.83. The molecule has 0 atom stereocenters. The Bertz CT molecular complexity index is 464. The van der Waals surface area contributed by atoms with Crippen molar-refractivity contribution in [3.63, 3.8) is 0 Å². The Morgan fingerprint density at radius 3 is 2.94 bits per heavy atom. The third kappa shape index (κ3) is 2.79. The van der Waals surface area contributed by atoms with E-state index in [9.17, 15) is 0 Å². The van der Waals surface area contributed by atoms with Crippen molar-refractivity contribution in [3.05, 3.63) is 36.0 Å². The number of fused-ring (bicyclic) bond motifs is 1. The van der Waals surface area contributed by atoms with Gasteiger partial charge in [0.25, 0.3) is 0 Å². The quantitative estimate of drug-likeness (QED) is 0.850. The van der Waals surface area contributed by atoms with E-state index < -0.39 is 0 Å². The first-order valence-electron chi connectivity index (χ1n) is 6.56. The van der Waals surface area contributed by atoms with Crippen LogP contribution < -0.4 is 10.5 Å². The van der Waals surface area contributed by atoms with Gasteiger partial charge in [-0.05, 0) is 43.5 Å². The first-order valence-corrected chi connectivity index (χ1v) is 6.56. The van der Waals surface area contributed by atoms with Crippen LogP contribution in [0, 0.1) is 0 Å². The summed E-state index contributed by atoms with van der Waals surface area (Å²) < 4.78 is 5.74. The van der Waals surface area contributed by atoms with Gasteiger partial charge in [0, 0.05) is 11.6 Å². The van der Waals surface area contributed by atoms with Crippen LogP contribution in [0.3, 0.4) is 0 Å². The molecule has 0 aliphatic heterocycles. The topological polar surface area (TPSA) is 48.1 Å². The van der Waals surface area contributed by atoms with Crippen molar-refractivity contribution in [3.8, 4) is 5.75 Å². The Morgan fingerprint density at radius 1 is 1.28 bits per heavy atom. The van der Waals surface area contributed by atoms with E-state index in [4.69, 9.17) is 10.5 Å². The molecule has 1 heterocycles. The average Bonchev–Trinajstić information content (AvgIpc) is 2.43. The van der Waals surface area contributed by atoms with Crippen LogP contribution in [0.25, 0.3) is 10.9 Å². The summed E-state index contributed by atoms with van der Waals surface area (Å²) >= 11 is 0. The summed E-state index contributed by atoms with van der Waals surface area (Å²) in [5, 5.41) is 1.18. The Kier molecular flexibility index (Phi) is 4.53. The van der Waals surface area contributed by atoms with Crippen LogP contribution in [0.2, 0.25) is 0 Å². The largest absolute Gasteiger partial charge is 0.491 e. The van der Waals surface area contributed by atoms with Crippen molar-refractivity contribution < 1.29 is 4.74 Å². The maximum absolute atomic E-state index is 5.74. The van der Waals surface area contributed by atoms with Crippen LogP contribution in [-0.2, 0) is 6.42 Å². The van der Waals surface area contributed by atoms with E-state index in [1.807, 2.05) is 18.3 Å². The van der Waals surface area contributed by atoms with Gasteiger partial charge in [-0.25, -0.2) is 0 Å². The molecule has 0 radical (unpaired) electrons. The summed E-state index contributed by atoms with van der Waals surface area (Å²) in [7, 11) is 0. The third-order valence-corrected chi connectivity index (χ3v) is 2.93. The van der Waals surface area contributed by atoms with Crippen molar-refractivity contribution in [2.24, 2.45) is 5.73 Å². The molecule has 0 spiro atoms. The first kappa shape index (κ1) is 12.8. The molecule has 0 unspecified atom stereocenters. The summed E-state index contributed by atoms with van der Waals surface area (Å²) in [5.74, 6) is 0.879. The normalized spacial score (nSPS) is 10.8. The Balaban J connectivity index is 2.38. The fraction of sp³-hybridized carbons (Fsp3) is 0.400. The highest BCUT2D eigenvalue weighted by Gasteiger charge is 2.07. The smallest absolute Gasteiger partial charge is 0.145 e. The Labute approximate surface area is 108 Å². The van der Waals surface area contributed by atoms with Crippen molar-refractivity contribution in [2.45, 2.75) is 26.2 Å². The van der Waals surface area contributed by atoms with Gasteiger partial charge in [0.1, 0.15) is 11.3 Å². The molecule has 2 N–H and O–H groups in total. The van der Waals surface area contributed by atoms with Gasteiger partial charge in [0.05, 0.1) is 6.61 Å². The molecule has 18 heavy (non-hydrogen) atoms. The summed E-state index contributed by atoms with van der Waals surface area (Å²) in [6.45, 7) is 3.55. The minimum Gasteiger partial charge on any atom is -0.491 e. The van der Waals surface area contributed by atoms with Gasteiger partial charge in [0.2, 0.25) is 0 Å². The zero-order valence-corrected chi connectivity index (χ0v) is 10.9. The lowest BCUT2D eigenvalue weighted by Gasteiger charge is -2.11. The van der Waals surface area contributed by atoms with E-state index >= 15 is 0 Å². The predicted molar refractivity (Wildman–Crippen MR) is 74.9 cm³/mol. The van der Waals surface area contributed by atoms with E-state index in [0.717, 1.165) is 43.7 Å².